The molecule has 0 aliphatic rings. The van der Waals surface area contributed by atoms with E-state index in [0.717, 1.165) is 24.1 Å². The molecule has 0 fully saturated rings. The van der Waals surface area contributed by atoms with Crippen molar-refractivity contribution in [1.29, 1.82) is 0 Å². The number of hydrogen-bond acceptors (Lipinski definition) is 4. The maximum Gasteiger partial charge on any atom is 0.138 e. The molecule has 0 aliphatic heterocycles. The van der Waals surface area contributed by atoms with Crippen molar-refractivity contribution >= 4 is 11.4 Å². The molecule has 178 valence electrons. The SMILES string of the molecule is C=C(C)c1ccc(-c2ccc(OC(C)C)cc2)cc1.C=C(NC)C(C)C(C)=O.CC.CO. The molecule has 2 rings (SSSR count). The van der Waals surface area contributed by atoms with Crippen molar-refractivity contribution in [2.75, 3.05) is 14.2 Å². The predicted molar refractivity (Wildman–Crippen MR) is 140 cm³/mol. The number of benzene rings is 2. The van der Waals surface area contributed by atoms with Crippen LogP contribution in [0.2, 0.25) is 0 Å². The van der Waals surface area contributed by atoms with Crippen LogP contribution < -0.4 is 10.1 Å². The Morgan fingerprint density at radius 3 is 1.56 bits per heavy atom. The van der Waals surface area contributed by atoms with Gasteiger partial charge in [-0.3, -0.25) is 4.79 Å². The Hall–Kier alpha value is -2.85. The Morgan fingerprint density at radius 1 is 0.875 bits per heavy atom. The highest BCUT2D eigenvalue weighted by Crippen LogP contribution is 2.24. The summed E-state index contributed by atoms with van der Waals surface area (Å²) in [7, 11) is 2.77. The predicted octanol–water partition coefficient (Wildman–Crippen LogP) is 6.75. The summed E-state index contributed by atoms with van der Waals surface area (Å²) in [6.07, 6.45) is 0.209. The minimum Gasteiger partial charge on any atom is -0.491 e. The van der Waals surface area contributed by atoms with Crippen LogP contribution in [-0.2, 0) is 4.79 Å². The van der Waals surface area contributed by atoms with E-state index >= 15 is 0 Å². The van der Waals surface area contributed by atoms with E-state index in [1.54, 1.807) is 14.0 Å². The number of carbonyl (C=O) groups excluding carboxylic acids is 1. The van der Waals surface area contributed by atoms with Gasteiger partial charge in [0.25, 0.3) is 0 Å². The van der Waals surface area contributed by atoms with E-state index in [2.05, 4.69) is 54.9 Å². The lowest BCUT2D eigenvalue weighted by atomic mass is 10.0. The molecule has 0 radical (unpaired) electrons. The second-order valence-corrected chi connectivity index (χ2v) is 7.16. The molecule has 2 aromatic rings. The smallest absolute Gasteiger partial charge is 0.138 e. The third kappa shape index (κ3) is 12.1. The van der Waals surface area contributed by atoms with E-state index in [4.69, 9.17) is 9.84 Å². The average molecular weight is 442 g/mol. The first-order valence-electron chi connectivity index (χ1n) is 11.0. The van der Waals surface area contributed by atoms with E-state index in [-0.39, 0.29) is 17.8 Å². The van der Waals surface area contributed by atoms with Crippen LogP contribution in [0, 0.1) is 5.92 Å². The summed E-state index contributed by atoms with van der Waals surface area (Å²) in [5.74, 6) is 1.00. The Balaban J connectivity index is 0. The second-order valence-electron chi connectivity index (χ2n) is 7.16. The molecule has 0 saturated carbocycles. The Kier molecular flexibility index (Phi) is 17.4. The van der Waals surface area contributed by atoms with Crippen LogP contribution in [0.25, 0.3) is 16.7 Å². The first-order chi connectivity index (χ1) is 15.1. The molecule has 0 aliphatic carbocycles. The summed E-state index contributed by atoms with van der Waals surface area (Å²) in [6, 6.07) is 16.7. The summed E-state index contributed by atoms with van der Waals surface area (Å²) in [4.78, 5) is 10.6. The molecule has 0 aromatic heterocycles. The number of allylic oxidation sites excluding steroid dienone is 2. The van der Waals surface area contributed by atoms with Gasteiger partial charge in [-0.15, -0.1) is 0 Å². The van der Waals surface area contributed by atoms with Gasteiger partial charge < -0.3 is 15.2 Å². The van der Waals surface area contributed by atoms with E-state index < -0.39 is 0 Å². The standard InChI is InChI=1S/C18H20O.C7H13NO.C2H6.CH4O/c1-13(2)15-5-7-16(8-6-15)17-9-11-18(12-10-17)19-14(3)4;1-5(7(3)9)6(2)8-4;2*1-2/h5-12,14H,1H2,2-4H3;5,8H,2H2,1,3-4H3;1-2H3;2H,1H3. The number of carbonyl (C=O) groups is 1. The monoisotopic (exact) mass is 441 g/mol. The number of ether oxygens (including phenoxy) is 1. The van der Waals surface area contributed by atoms with Crippen molar-refractivity contribution in [3.63, 3.8) is 0 Å². The number of aliphatic hydroxyl groups is 1. The quantitative estimate of drug-likeness (QED) is 0.499. The second kappa shape index (κ2) is 17.8. The number of Topliss-reactive ketones (excluding diaryl/α,β-unsaturated/α-hetero) is 1. The number of aliphatic hydroxyl groups excluding tert-OH is 1. The third-order valence-electron chi connectivity index (χ3n) is 4.39. The Bertz CT molecular complexity index is 790. The van der Waals surface area contributed by atoms with Gasteiger partial charge in [-0.2, -0.15) is 0 Å². The van der Waals surface area contributed by atoms with Crippen LogP contribution in [0.4, 0.5) is 0 Å². The lowest BCUT2D eigenvalue weighted by molar-refractivity contribution is -0.119. The van der Waals surface area contributed by atoms with Gasteiger partial charge in [0, 0.05) is 19.9 Å². The van der Waals surface area contributed by atoms with Crippen LogP contribution in [0.3, 0.4) is 0 Å². The number of ketones is 1. The molecule has 0 amide bonds. The summed E-state index contributed by atoms with van der Waals surface area (Å²) in [5, 5.41) is 9.83. The van der Waals surface area contributed by atoms with E-state index in [1.807, 2.05) is 53.7 Å². The Morgan fingerprint density at radius 2 is 1.28 bits per heavy atom. The molecule has 0 bridgehead atoms. The zero-order valence-electron chi connectivity index (χ0n) is 21.5. The summed E-state index contributed by atoms with van der Waals surface area (Å²) in [5.41, 5.74) is 5.46. The fourth-order valence-electron chi connectivity index (χ4n) is 2.41. The third-order valence-corrected chi connectivity index (χ3v) is 4.39. The molecule has 0 heterocycles. The molecule has 0 spiro atoms. The minimum atomic E-state index is -0.0602. The first kappa shape index (κ1) is 31.3. The van der Waals surface area contributed by atoms with Crippen LogP contribution in [-0.4, -0.2) is 31.2 Å². The molecule has 2 N–H and O–H groups in total. The molecule has 4 nitrogen and oxygen atoms in total. The number of nitrogens with one attached hydrogen (secondary N) is 1. The van der Waals surface area contributed by atoms with Crippen LogP contribution in [0.15, 0.2) is 67.4 Å². The average Bonchev–Trinajstić information content (AvgIpc) is 2.81. The molecular weight excluding hydrogens is 398 g/mol. The van der Waals surface area contributed by atoms with Gasteiger partial charge in [-0.25, -0.2) is 0 Å². The minimum absolute atomic E-state index is 0.0602. The zero-order valence-corrected chi connectivity index (χ0v) is 21.5. The summed E-state index contributed by atoms with van der Waals surface area (Å²) < 4.78 is 5.64. The van der Waals surface area contributed by atoms with Crippen molar-refractivity contribution in [2.45, 2.75) is 54.6 Å². The number of rotatable bonds is 7. The van der Waals surface area contributed by atoms with Crippen LogP contribution in [0.1, 0.15) is 54.0 Å². The van der Waals surface area contributed by atoms with Gasteiger partial charge >= 0.3 is 0 Å². The molecule has 0 saturated heterocycles. The summed E-state index contributed by atoms with van der Waals surface area (Å²) >= 11 is 0. The van der Waals surface area contributed by atoms with Crippen molar-refractivity contribution in [2.24, 2.45) is 5.92 Å². The van der Waals surface area contributed by atoms with Gasteiger partial charge in [0.05, 0.1) is 12.0 Å². The molecular formula is C28H43NO3. The summed E-state index contributed by atoms with van der Waals surface area (Å²) in [6.45, 7) is 21.1. The fourth-order valence-corrected chi connectivity index (χ4v) is 2.41. The zero-order chi connectivity index (χ0) is 25.3. The normalized spacial score (nSPS) is 10.1. The molecule has 4 heteroatoms. The van der Waals surface area contributed by atoms with Crippen molar-refractivity contribution in [1.82, 2.24) is 5.32 Å². The van der Waals surface area contributed by atoms with Crippen molar-refractivity contribution in [3.8, 4) is 16.9 Å². The van der Waals surface area contributed by atoms with E-state index in [9.17, 15) is 4.79 Å². The van der Waals surface area contributed by atoms with Crippen LogP contribution >= 0.6 is 0 Å². The highest BCUT2D eigenvalue weighted by atomic mass is 16.5. The maximum atomic E-state index is 10.6. The van der Waals surface area contributed by atoms with Gasteiger partial charge in [0.15, 0.2) is 0 Å². The van der Waals surface area contributed by atoms with Gasteiger partial charge in [0.2, 0.25) is 0 Å². The first-order valence-corrected chi connectivity index (χ1v) is 11.0. The lowest BCUT2D eigenvalue weighted by Gasteiger charge is -2.10. The number of hydrogen-bond donors (Lipinski definition) is 2. The van der Waals surface area contributed by atoms with Crippen molar-refractivity contribution in [3.05, 3.63) is 72.9 Å². The fraction of sp³-hybridized carbons (Fsp3) is 0.393. The Labute approximate surface area is 196 Å². The highest BCUT2D eigenvalue weighted by Gasteiger charge is 2.08. The lowest BCUT2D eigenvalue weighted by Crippen LogP contribution is -2.18. The van der Waals surface area contributed by atoms with E-state index in [1.165, 1.54) is 16.7 Å². The molecule has 1 atom stereocenters. The maximum absolute atomic E-state index is 10.6. The van der Waals surface area contributed by atoms with Gasteiger partial charge in [-0.05, 0) is 63.4 Å². The van der Waals surface area contributed by atoms with Gasteiger partial charge in [0.1, 0.15) is 11.5 Å². The largest absolute Gasteiger partial charge is 0.491 e. The van der Waals surface area contributed by atoms with Crippen LogP contribution in [0.5, 0.6) is 5.75 Å². The molecule has 2 aromatic carbocycles. The molecule has 32 heavy (non-hydrogen) atoms. The topological polar surface area (TPSA) is 58.6 Å². The van der Waals surface area contributed by atoms with Crippen molar-refractivity contribution < 1.29 is 14.6 Å². The highest BCUT2D eigenvalue weighted by molar-refractivity contribution is 5.80. The van der Waals surface area contributed by atoms with E-state index in [0.29, 0.717) is 0 Å². The molecule has 1 unspecified atom stereocenters. The van der Waals surface area contributed by atoms with Gasteiger partial charge in [-0.1, -0.05) is 69.0 Å².